The molecule has 9 atom stereocenters. The second-order valence-corrected chi connectivity index (χ2v) is 11.7. The SMILES string of the molecule is CS[C@@]12C[C@H]3C(=O)CC[C@H](O)[C@H]3N1C(=O)[C@@]13C[C@H]4C(=O)C[C@@H](S1)[C@H](O)[C@H]4N3C2=O. The van der Waals surface area contributed by atoms with E-state index in [1.165, 1.54) is 33.3 Å². The lowest BCUT2D eigenvalue weighted by atomic mass is 9.80. The predicted molar refractivity (Wildman–Crippen MR) is 104 cm³/mol. The molecule has 2 amide bonds. The number of fused-ring (bicyclic) bond motifs is 4. The van der Waals surface area contributed by atoms with Crippen molar-refractivity contribution in [2.75, 3.05) is 6.26 Å². The van der Waals surface area contributed by atoms with E-state index in [1.54, 1.807) is 6.26 Å². The number of nitrogens with zero attached hydrogens (tertiary/aromatic N) is 2. The van der Waals surface area contributed by atoms with Gasteiger partial charge in [-0.2, -0.15) is 0 Å². The van der Waals surface area contributed by atoms with Crippen molar-refractivity contribution in [1.29, 1.82) is 0 Å². The molecule has 0 unspecified atom stereocenters. The van der Waals surface area contributed by atoms with Crippen LogP contribution in [0, 0.1) is 11.8 Å². The van der Waals surface area contributed by atoms with Crippen molar-refractivity contribution in [3.63, 3.8) is 0 Å². The molecular formula is C19H22N2O6S2. The van der Waals surface area contributed by atoms with Crippen molar-refractivity contribution in [3.05, 3.63) is 0 Å². The van der Waals surface area contributed by atoms with Crippen LogP contribution in [0.5, 0.6) is 0 Å². The van der Waals surface area contributed by atoms with Crippen molar-refractivity contribution in [2.45, 2.75) is 71.4 Å². The fourth-order valence-corrected chi connectivity index (χ4v) is 9.66. The Labute approximate surface area is 175 Å². The van der Waals surface area contributed by atoms with Crippen LogP contribution in [-0.4, -0.2) is 88.9 Å². The zero-order chi connectivity index (χ0) is 20.5. The minimum atomic E-state index is -1.26. The van der Waals surface area contributed by atoms with Crippen molar-refractivity contribution in [2.24, 2.45) is 11.8 Å². The molecule has 10 heteroatoms. The molecule has 0 aromatic heterocycles. The summed E-state index contributed by atoms with van der Waals surface area (Å²) in [6, 6.07) is -1.37. The first-order chi connectivity index (χ1) is 13.8. The first-order valence-corrected chi connectivity index (χ1v) is 12.2. The third kappa shape index (κ3) is 1.89. The van der Waals surface area contributed by atoms with Gasteiger partial charge in [-0.05, 0) is 12.7 Å². The Hall–Kier alpha value is -1.10. The van der Waals surface area contributed by atoms with Crippen LogP contribution < -0.4 is 0 Å². The van der Waals surface area contributed by atoms with Gasteiger partial charge in [-0.15, -0.1) is 23.5 Å². The van der Waals surface area contributed by atoms with Crippen LogP contribution in [0.1, 0.15) is 32.1 Å². The number of aliphatic hydroxyl groups excluding tert-OH is 2. The maximum atomic E-state index is 14.1. The fraction of sp³-hybridized carbons (Fsp3) is 0.789. The van der Waals surface area contributed by atoms with E-state index in [2.05, 4.69) is 0 Å². The largest absolute Gasteiger partial charge is 0.391 e. The number of ketones is 2. The molecule has 6 aliphatic rings. The second-order valence-electron chi connectivity index (χ2n) is 9.12. The first kappa shape index (κ1) is 18.7. The smallest absolute Gasteiger partial charge is 0.261 e. The molecule has 6 fully saturated rings. The predicted octanol–water partition coefficient (Wildman–Crippen LogP) is -0.637. The minimum absolute atomic E-state index is 0.00714. The fourth-order valence-electron chi connectivity index (χ4n) is 6.79. The number of hydrogen-bond donors (Lipinski definition) is 2. The molecule has 0 radical (unpaired) electrons. The zero-order valence-electron chi connectivity index (χ0n) is 15.8. The molecule has 6 rings (SSSR count). The molecule has 4 aliphatic heterocycles. The second kappa shape index (κ2) is 5.57. The van der Waals surface area contributed by atoms with Crippen LogP contribution in [0.2, 0.25) is 0 Å². The highest BCUT2D eigenvalue weighted by Gasteiger charge is 2.78. The van der Waals surface area contributed by atoms with E-state index < -0.39 is 51.1 Å². The summed E-state index contributed by atoms with van der Waals surface area (Å²) in [7, 11) is 0. The number of carbonyl (C=O) groups excluding carboxylic acids is 4. The Morgan fingerprint density at radius 2 is 1.72 bits per heavy atom. The van der Waals surface area contributed by atoms with Gasteiger partial charge in [-0.1, -0.05) is 0 Å². The number of piperazine rings is 1. The summed E-state index contributed by atoms with van der Waals surface area (Å²) in [5, 5.41) is 21.2. The third-order valence-electron chi connectivity index (χ3n) is 8.02. The van der Waals surface area contributed by atoms with Crippen molar-refractivity contribution in [3.8, 4) is 0 Å². The van der Waals surface area contributed by atoms with E-state index in [9.17, 15) is 29.4 Å². The molecule has 8 nitrogen and oxygen atoms in total. The summed E-state index contributed by atoms with van der Waals surface area (Å²) in [6.07, 6.45) is 1.22. The molecule has 4 saturated heterocycles. The van der Waals surface area contributed by atoms with E-state index in [0.29, 0.717) is 0 Å². The number of thioether (sulfide) groups is 2. The van der Waals surface area contributed by atoms with Crippen LogP contribution in [0.15, 0.2) is 0 Å². The average Bonchev–Trinajstić information content (AvgIpc) is 3.15. The lowest BCUT2D eigenvalue weighted by Gasteiger charge is -2.58. The van der Waals surface area contributed by atoms with Gasteiger partial charge in [0, 0.05) is 42.8 Å². The molecule has 29 heavy (non-hydrogen) atoms. The highest BCUT2D eigenvalue weighted by Crippen LogP contribution is 2.65. The molecule has 2 saturated carbocycles. The summed E-state index contributed by atoms with van der Waals surface area (Å²) in [6.45, 7) is 0. The van der Waals surface area contributed by atoms with Gasteiger partial charge >= 0.3 is 0 Å². The standard InChI is InChI=1S/C19H22N2O6S2/c1-28-18-5-7-9(22)2-3-10(23)13(7)20(18)17(27)19-6-8-11(24)4-12(29-19)15(25)14(8)21(19)16(18)26/h7-8,10,12-15,23,25H,2-6H2,1H3/t7-,8-,10-,12+,13-,14-,15-,18+,19+/m0/s1. The van der Waals surface area contributed by atoms with Gasteiger partial charge in [0.2, 0.25) is 0 Å². The monoisotopic (exact) mass is 438 g/mol. The average molecular weight is 439 g/mol. The van der Waals surface area contributed by atoms with E-state index in [4.69, 9.17) is 0 Å². The molecule has 156 valence electrons. The third-order valence-corrected chi connectivity index (χ3v) is 10.9. The van der Waals surface area contributed by atoms with Gasteiger partial charge in [-0.3, -0.25) is 19.2 Å². The van der Waals surface area contributed by atoms with Gasteiger partial charge in [0.25, 0.3) is 11.8 Å². The van der Waals surface area contributed by atoms with Gasteiger partial charge in [-0.25, -0.2) is 0 Å². The van der Waals surface area contributed by atoms with Gasteiger partial charge < -0.3 is 20.0 Å². The first-order valence-electron chi connectivity index (χ1n) is 10.1. The van der Waals surface area contributed by atoms with Gasteiger partial charge in [0.05, 0.1) is 24.3 Å². The van der Waals surface area contributed by atoms with Crippen LogP contribution in [0.25, 0.3) is 0 Å². The lowest BCUT2D eigenvalue weighted by molar-refractivity contribution is -0.172. The molecule has 0 aromatic carbocycles. The van der Waals surface area contributed by atoms with Crippen molar-refractivity contribution < 1.29 is 29.4 Å². The Kier molecular flexibility index (Phi) is 3.58. The maximum absolute atomic E-state index is 14.1. The summed E-state index contributed by atoms with van der Waals surface area (Å²) < 4.78 is 0. The normalized spacial score (nSPS) is 52.7. The minimum Gasteiger partial charge on any atom is -0.391 e. The highest BCUT2D eigenvalue weighted by atomic mass is 32.2. The number of rotatable bonds is 1. The summed E-state index contributed by atoms with van der Waals surface area (Å²) in [5.74, 6) is -1.66. The lowest BCUT2D eigenvalue weighted by Crippen LogP contribution is -2.77. The molecular weight excluding hydrogens is 416 g/mol. The molecule has 0 spiro atoms. The van der Waals surface area contributed by atoms with Crippen LogP contribution in [0.4, 0.5) is 0 Å². The summed E-state index contributed by atoms with van der Waals surface area (Å²) >= 11 is 2.46. The van der Waals surface area contributed by atoms with Crippen molar-refractivity contribution in [1.82, 2.24) is 9.80 Å². The molecule has 2 aliphatic carbocycles. The Morgan fingerprint density at radius 1 is 1.00 bits per heavy atom. The van der Waals surface area contributed by atoms with Crippen LogP contribution in [0.3, 0.4) is 0 Å². The van der Waals surface area contributed by atoms with E-state index in [1.807, 2.05) is 0 Å². The topological polar surface area (TPSA) is 115 Å². The highest BCUT2D eigenvalue weighted by molar-refractivity contribution is 8.02. The Bertz CT molecular complexity index is 883. The number of amides is 2. The summed E-state index contributed by atoms with van der Waals surface area (Å²) in [4.78, 5) is 53.9. The maximum Gasteiger partial charge on any atom is 0.261 e. The molecule has 0 aromatic rings. The molecule has 2 N–H and O–H groups in total. The van der Waals surface area contributed by atoms with E-state index >= 15 is 0 Å². The van der Waals surface area contributed by atoms with Gasteiger partial charge in [0.15, 0.2) is 9.74 Å². The summed E-state index contributed by atoms with van der Waals surface area (Å²) in [5.41, 5.74) is 0. The number of hydrogen-bond acceptors (Lipinski definition) is 8. The quantitative estimate of drug-likeness (QED) is 0.556. The van der Waals surface area contributed by atoms with E-state index in [-0.39, 0.29) is 55.5 Å². The van der Waals surface area contributed by atoms with E-state index in [0.717, 1.165) is 0 Å². The van der Waals surface area contributed by atoms with Crippen molar-refractivity contribution >= 4 is 46.9 Å². The van der Waals surface area contributed by atoms with Crippen LogP contribution in [-0.2, 0) is 19.2 Å². The van der Waals surface area contributed by atoms with Crippen LogP contribution >= 0.6 is 23.5 Å². The molecule has 3 bridgehead atoms. The zero-order valence-corrected chi connectivity index (χ0v) is 17.4. The number of aliphatic hydroxyl groups is 2. The Morgan fingerprint density at radius 3 is 2.45 bits per heavy atom. The Balaban J connectivity index is 1.54. The molecule has 4 heterocycles. The van der Waals surface area contributed by atoms with Gasteiger partial charge in [0.1, 0.15) is 11.6 Å². The number of carbonyl (C=O) groups is 4. The number of Topliss-reactive ketones (excluding diaryl/α,β-unsaturated/α-hetero) is 2.